The summed E-state index contributed by atoms with van der Waals surface area (Å²) in [6.45, 7) is 7.98. The van der Waals surface area contributed by atoms with Crippen LogP contribution in [0.15, 0.2) is 0 Å². The number of hydrogen-bond acceptors (Lipinski definition) is 4. The highest BCUT2D eigenvalue weighted by Crippen LogP contribution is 2.21. The third-order valence-corrected chi connectivity index (χ3v) is 4.31. The van der Waals surface area contributed by atoms with Crippen LogP contribution in [0.2, 0.25) is 0 Å². The van der Waals surface area contributed by atoms with Crippen LogP contribution >= 0.6 is 0 Å². The van der Waals surface area contributed by atoms with Gasteiger partial charge in [-0.05, 0) is 44.8 Å². The number of hydrogen-bond donors (Lipinski definition) is 1. The van der Waals surface area contributed by atoms with Gasteiger partial charge < -0.3 is 14.7 Å². The van der Waals surface area contributed by atoms with E-state index in [2.05, 4.69) is 9.80 Å². The number of carboxylic acids is 1. The number of carboxylic acid groups (broad SMARTS) is 1. The minimum absolute atomic E-state index is 0.276. The van der Waals surface area contributed by atoms with Crippen LogP contribution in [0.3, 0.4) is 0 Å². The standard InChI is InChI=1S/C14H26N2O3/c17-14(18)4-8-15-5-1-13(2-6-15)3-7-16-9-11-19-12-10-16/h13H,1-12H2,(H,17,18). The van der Waals surface area contributed by atoms with Gasteiger partial charge in [-0.3, -0.25) is 9.69 Å². The van der Waals surface area contributed by atoms with E-state index in [1.807, 2.05) is 0 Å². The molecule has 0 atom stereocenters. The molecule has 0 saturated carbocycles. The SMILES string of the molecule is O=C(O)CCN1CCC(CCN2CCOCC2)CC1. The summed E-state index contributed by atoms with van der Waals surface area (Å²) in [6, 6.07) is 0. The Bertz CT molecular complexity index is 272. The first-order valence-electron chi connectivity index (χ1n) is 7.48. The van der Waals surface area contributed by atoms with E-state index in [-0.39, 0.29) is 6.42 Å². The number of nitrogens with zero attached hydrogens (tertiary/aromatic N) is 2. The summed E-state index contributed by atoms with van der Waals surface area (Å²) < 4.78 is 5.36. The summed E-state index contributed by atoms with van der Waals surface area (Å²) in [6.07, 6.45) is 4.01. The predicted molar refractivity (Wildman–Crippen MR) is 73.3 cm³/mol. The summed E-state index contributed by atoms with van der Waals surface area (Å²) in [5.74, 6) is 0.137. The Morgan fingerprint density at radius 2 is 1.68 bits per heavy atom. The average Bonchev–Trinajstić information content (AvgIpc) is 2.45. The lowest BCUT2D eigenvalue weighted by Crippen LogP contribution is -2.39. The van der Waals surface area contributed by atoms with Gasteiger partial charge in [0.25, 0.3) is 0 Å². The molecule has 2 aliphatic rings. The Kier molecular flexibility index (Phi) is 6.07. The quantitative estimate of drug-likeness (QED) is 0.777. The molecule has 0 aromatic heterocycles. The van der Waals surface area contributed by atoms with Crippen molar-refractivity contribution in [3.63, 3.8) is 0 Å². The van der Waals surface area contributed by atoms with E-state index in [0.717, 1.165) is 45.3 Å². The maximum Gasteiger partial charge on any atom is 0.304 e. The van der Waals surface area contributed by atoms with Crippen LogP contribution in [0.25, 0.3) is 0 Å². The lowest BCUT2D eigenvalue weighted by atomic mass is 9.93. The third kappa shape index (κ3) is 5.47. The van der Waals surface area contributed by atoms with Crippen molar-refractivity contribution >= 4 is 5.97 Å². The average molecular weight is 270 g/mol. The number of piperidine rings is 1. The molecule has 110 valence electrons. The Morgan fingerprint density at radius 1 is 1.05 bits per heavy atom. The molecular weight excluding hydrogens is 244 g/mol. The first kappa shape index (κ1) is 14.8. The summed E-state index contributed by atoms with van der Waals surface area (Å²) in [7, 11) is 0. The molecule has 0 aromatic rings. The van der Waals surface area contributed by atoms with Crippen molar-refractivity contribution in [3.05, 3.63) is 0 Å². The van der Waals surface area contributed by atoms with Crippen molar-refractivity contribution in [1.82, 2.24) is 9.80 Å². The minimum atomic E-state index is -0.686. The van der Waals surface area contributed by atoms with Crippen molar-refractivity contribution in [2.24, 2.45) is 5.92 Å². The highest BCUT2D eigenvalue weighted by atomic mass is 16.5. The summed E-state index contributed by atoms with van der Waals surface area (Å²) >= 11 is 0. The molecule has 2 fully saturated rings. The van der Waals surface area contributed by atoms with E-state index < -0.39 is 5.97 Å². The van der Waals surface area contributed by atoms with Crippen LogP contribution < -0.4 is 0 Å². The summed E-state index contributed by atoms with van der Waals surface area (Å²) in [4.78, 5) is 15.3. The van der Waals surface area contributed by atoms with E-state index in [4.69, 9.17) is 9.84 Å². The molecule has 0 amide bonds. The Hall–Kier alpha value is -0.650. The van der Waals surface area contributed by atoms with Crippen LogP contribution in [0.5, 0.6) is 0 Å². The molecule has 0 aliphatic carbocycles. The van der Waals surface area contributed by atoms with Crippen LogP contribution in [0.1, 0.15) is 25.7 Å². The molecule has 19 heavy (non-hydrogen) atoms. The molecule has 0 aromatic carbocycles. The van der Waals surface area contributed by atoms with E-state index in [1.54, 1.807) is 0 Å². The van der Waals surface area contributed by atoms with Crippen LogP contribution in [-0.4, -0.2) is 73.4 Å². The molecule has 0 unspecified atom stereocenters. The monoisotopic (exact) mass is 270 g/mol. The van der Waals surface area contributed by atoms with E-state index in [9.17, 15) is 4.79 Å². The second-order valence-electron chi connectivity index (χ2n) is 5.67. The van der Waals surface area contributed by atoms with Crippen molar-refractivity contribution in [1.29, 1.82) is 0 Å². The maximum absolute atomic E-state index is 10.5. The van der Waals surface area contributed by atoms with Crippen molar-refractivity contribution in [3.8, 4) is 0 Å². The largest absolute Gasteiger partial charge is 0.481 e. The van der Waals surface area contributed by atoms with Gasteiger partial charge in [0.15, 0.2) is 0 Å². The van der Waals surface area contributed by atoms with E-state index in [0.29, 0.717) is 6.54 Å². The molecule has 5 heteroatoms. The molecule has 5 nitrogen and oxygen atoms in total. The fraction of sp³-hybridized carbons (Fsp3) is 0.929. The Morgan fingerprint density at radius 3 is 2.32 bits per heavy atom. The minimum Gasteiger partial charge on any atom is -0.481 e. The number of ether oxygens (including phenoxy) is 1. The van der Waals surface area contributed by atoms with Gasteiger partial charge in [-0.1, -0.05) is 0 Å². The topological polar surface area (TPSA) is 53.0 Å². The normalized spacial score (nSPS) is 23.6. The van der Waals surface area contributed by atoms with Crippen LogP contribution in [0.4, 0.5) is 0 Å². The molecule has 0 bridgehead atoms. The molecule has 1 N–H and O–H groups in total. The second-order valence-corrected chi connectivity index (χ2v) is 5.67. The zero-order valence-electron chi connectivity index (χ0n) is 11.7. The zero-order valence-corrected chi connectivity index (χ0v) is 11.7. The smallest absolute Gasteiger partial charge is 0.304 e. The number of carbonyl (C=O) groups is 1. The number of likely N-dealkylation sites (tertiary alicyclic amines) is 1. The van der Waals surface area contributed by atoms with E-state index in [1.165, 1.54) is 25.8 Å². The second kappa shape index (κ2) is 7.82. The van der Waals surface area contributed by atoms with Gasteiger partial charge in [0.1, 0.15) is 0 Å². The maximum atomic E-state index is 10.5. The van der Waals surface area contributed by atoms with Gasteiger partial charge in [0, 0.05) is 19.6 Å². The highest BCUT2D eigenvalue weighted by molar-refractivity contribution is 5.66. The fourth-order valence-electron chi connectivity index (χ4n) is 2.94. The van der Waals surface area contributed by atoms with Crippen LogP contribution in [-0.2, 0) is 9.53 Å². The van der Waals surface area contributed by atoms with Gasteiger partial charge in [0.05, 0.1) is 19.6 Å². The van der Waals surface area contributed by atoms with Gasteiger partial charge in [-0.15, -0.1) is 0 Å². The first-order chi connectivity index (χ1) is 9.24. The van der Waals surface area contributed by atoms with E-state index >= 15 is 0 Å². The predicted octanol–water partition coefficient (Wildman–Crippen LogP) is 0.895. The van der Waals surface area contributed by atoms with Crippen molar-refractivity contribution in [2.45, 2.75) is 25.7 Å². The Balaban J connectivity index is 1.56. The first-order valence-corrected chi connectivity index (χ1v) is 7.48. The molecular formula is C14H26N2O3. The summed E-state index contributed by atoms with van der Waals surface area (Å²) in [5, 5.41) is 8.68. The lowest BCUT2D eigenvalue weighted by Gasteiger charge is -2.33. The van der Waals surface area contributed by atoms with Crippen molar-refractivity contribution < 1.29 is 14.6 Å². The third-order valence-electron chi connectivity index (χ3n) is 4.31. The van der Waals surface area contributed by atoms with Gasteiger partial charge >= 0.3 is 5.97 Å². The Labute approximate surface area is 115 Å². The number of morpholine rings is 1. The summed E-state index contributed by atoms with van der Waals surface area (Å²) in [5.41, 5.74) is 0. The lowest BCUT2D eigenvalue weighted by molar-refractivity contribution is -0.137. The van der Waals surface area contributed by atoms with Gasteiger partial charge in [-0.25, -0.2) is 0 Å². The van der Waals surface area contributed by atoms with Crippen molar-refractivity contribution in [2.75, 3.05) is 52.5 Å². The van der Waals surface area contributed by atoms with Crippen LogP contribution in [0, 0.1) is 5.92 Å². The molecule has 2 rings (SSSR count). The van der Waals surface area contributed by atoms with Gasteiger partial charge in [0.2, 0.25) is 0 Å². The molecule has 2 aliphatic heterocycles. The zero-order chi connectivity index (χ0) is 13.5. The molecule has 0 spiro atoms. The number of rotatable bonds is 6. The molecule has 2 saturated heterocycles. The fourth-order valence-corrected chi connectivity index (χ4v) is 2.94. The molecule has 0 radical (unpaired) electrons. The molecule has 2 heterocycles. The highest BCUT2D eigenvalue weighted by Gasteiger charge is 2.20. The van der Waals surface area contributed by atoms with Gasteiger partial charge in [-0.2, -0.15) is 0 Å². The number of aliphatic carboxylic acids is 1.